The van der Waals surface area contributed by atoms with Crippen molar-refractivity contribution in [1.29, 1.82) is 0 Å². The van der Waals surface area contributed by atoms with Crippen LogP contribution in [0.3, 0.4) is 0 Å². The van der Waals surface area contributed by atoms with Gasteiger partial charge in [-0.2, -0.15) is 0 Å². The van der Waals surface area contributed by atoms with Crippen LogP contribution in [0.1, 0.15) is 12.1 Å². The molecule has 0 bridgehead atoms. The molecule has 0 unspecified atom stereocenters. The zero-order valence-electron chi connectivity index (χ0n) is 12.9. The Bertz CT molecular complexity index is 902. The molecule has 124 valence electrons. The van der Waals surface area contributed by atoms with E-state index in [2.05, 4.69) is 10.3 Å². The van der Waals surface area contributed by atoms with E-state index in [0.717, 1.165) is 18.5 Å². The van der Waals surface area contributed by atoms with Crippen LogP contribution in [0.2, 0.25) is 5.02 Å². The van der Waals surface area contributed by atoms with Crippen molar-refractivity contribution in [3.05, 3.63) is 63.9 Å². The predicted octanol–water partition coefficient (Wildman–Crippen LogP) is 2.39. The third-order valence-electron chi connectivity index (χ3n) is 3.59. The van der Waals surface area contributed by atoms with Gasteiger partial charge in [-0.3, -0.25) is 14.3 Å². The molecule has 2 heterocycles. The summed E-state index contributed by atoms with van der Waals surface area (Å²) in [7, 11) is 0. The van der Waals surface area contributed by atoms with Gasteiger partial charge in [-0.1, -0.05) is 17.7 Å². The molecule has 0 aliphatic carbocycles. The molecule has 3 rings (SSSR count). The summed E-state index contributed by atoms with van der Waals surface area (Å²) >= 11 is 5.87. The molecule has 2 aromatic heterocycles. The number of aromatic nitrogens is 2. The minimum absolute atomic E-state index is 0.0863. The van der Waals surface area contributed by atoms with Crippen molar-refractivity contribution in [3.63, 3.8) is 0 Å². The van der Waals surface area contributed by atoms with Crippen LogP contribution in [0, 0.1) is 0 Å². The molecule has 0 radical (unpaired) electrons. The minimum atomic E-state index is -0.573. The Balaban J connectivity index is 1.55. The zero-order valence-corrected chi connectivity index (χ0v) is 13.6. The Hall–Kier alpha value is -2.60. The summed E-state index contributed by atoms with van der Waals surface area (Å²) in [5.74, 6) is -0.813. The minimum Gasteiger partial charge on any atom is -0.408 e. The number of nitrogens with zero attached hydrogens (tertiary/aromatic N) is 2. The normalized spacial score (nSPS) is 10.9. The van der Waals surface area contributed by atoms with Crippen molar-refractivity contribution < 1.29 is 9.21 Å². The zero-order chi connectivity index (χ0) is 16.9. The number of pyridine rings is 1. The third-order valence-corrected chi connectivity index (χ3v) is 3.83. The average Bonchev–Trinajstić information content (AvgIpc) is 2.87. The SMILES string of the molecule is O=C(Cn1c(=O)oc2cc(Cl)ccc21)NCCCc1ccccn1. The second-order valence-corrected chi connectivity index (χ2v) is 5.78. The molecule has 6 nitrogen and oxygen atoms in total. The number of carbonyl (C=O) groups is 1. The number of aryl methyl sites for hydroxylation is 1. The Morgan fingerprint density at radius 3 is 2.96 bits per heavy atom. The summed E-state index contributed by atoms with van der Waals surface area (Å²) in [6, 6.07) is 10.6. The van der Waals surface area contributed by atoms with Gasteiger partial charge in [0.05, 0.1) is 5.52 Å². The number of amides is 1. The topological polar surface area (TPSA) is 77.1 Å². The van der Waals surface area contributed by atoms with Crippen molar-refractivity contribution in [2.45, 2.75) is 19.4 Å². The van der Waals surface area contributed by atoms with Gasteiger partial charge in [0.2, 0.25) is 5.91 Å². The molecule has 0 saturated heterocycles. The summed E-state index contributed by atoms with van der Waals surface area (Å²) in [4.78, 5) is 28.1. The summed E-state index contributed by atoms with van der Waals surface area (Å²) in [6.07, 6.45) is 3.31. The maximum absolute atomic E-state index is 12.0. The highest BCUT2D eigenvalue weighted by atomic mass is 35.5. The van der Waals surface area contributed by atoms with Crippen LogP contribution >= 0.6 is 11.6 Å². The van der Waals surface area contributed by atoms with Gasteiger partial charge in [-0.05, 0) is 37.1 Å². The number of hydrogen-bond acceptors (Lipinski definition) is 4. The molecule has 0 spiro atoms. The molecule has 24 heavy (non-hydrogen) atoms. The number of carbonyl (C=O) groups excluding carboxylic acids is 1. The van der Waals surface area contributed by atoms with Crippen LogP contribution in [0.15, 0.2) is 51.8 Å². The number of hydrogen-bond donors (Lipinski definition) is 1. The first-order valence-corrected chi connectivity index (χ1v) is 7.97. The largest absolute Gasteiger partial charge is 0.420 e. The number of fused-ring (bicyclic) bond motifs is 1. The van der Waals surface area contributed by atoms with E-state index < -0.39 is 5.76 Å². The van der Waals surface area contributed by atoms with Crippen molar-refractivity contribution in [2.24, 2.45) is 0 Å². The van der Waals surface area contributed by atoms with Gasteiger partial charge in [0.15, 0.2) is 5.58 Å². The fraction of sp³-hybridized carbons (Fsp3) is 0.235. The Morgan fingerprint density at radius 2 is 2.17 bits per heavy atom. The number of oxazole rings is 1. The van der Waals surface area contributed by atoms with Gasteiger partial charge in [0.25, 0.3) is 0 Å². The smallest absolute Gasteiger partial charge is 0.408 e. The van der Waals surface area contributed by atoms with E-state index in [4.69, 9.17) is 16.0 Å². The molecule has 0 aliphatic heterocycles. The summed E-state index contributed by atoms with van der Waals surface area (Å²) in [5.41, 5.74) is 1.91. The first kappa shape index (κ1) is 16.3. The van der Waals surface area contributed by atoms with Crippen molar-refractivity contribution in [1.82, 2.24) is 14.9 Å². The van der Waals surface area contributed by atoms with Crippen LogP contribution < -0.4 is 11.1 Å². The fourth-order valence-electron chi connectivity index (χ4n) is 2.43. The number of benzene rings is 1. The van der Waals surface area contributed by atoms with E-state index in [0.29, 0.717) is 22.7 Å². The van der Waals surface area contributed by atoms with E-state index in [-0.39, 0.29) is 12.5 Å². The highest BCUT2D eigenvalue weighted by Crippen LogP contribution is 2.18. The highest BCUT2D eigenvalue weighted by Gasteiger charge is 2.12. The fourth-order valence-corrected chi connectivity index (χ4v) is 2.59. The monoisotopic (exact) mass is 345 g/mol. The Morgan fingerprint density at radius 1 is 1.29 bits per heavy atom. The lowest BCUT2D eigenvalue weighted by atomic mass is 10.2. The van der Waals surface area contributed by atoms with Crippen LogP contribution in [-0.4, -0.2) is 22.0 Å². The quantitative estimate of drug-likeness (QED) is 0.696. The van der Waals surface area contributed by atoms with Gasteiger partial charge in [0.1, 0.15) is 6.54 Å². The van der Waals surface area contributed by atoms with Gasteiger partial charge in [0, 0.05) is 29.5 Å². The van der Waals surface area contributed by atoms with E-state index in [1.165, 1.54) is 4.57 Å². The Kier molecular flexibility index (Phi) is 4.96. The second-order valence-electron chi connectivity index (χ2n) is 5.34. The van der Waals surface area contributed by atoms with E-state index in [1.807, 2.05) is 18.2 Å². The molecular weight excluding hydrogens is 330 g/mol. The van der Waals surface area contributed by atoms with E-state index >= 15 is 0 Å². The average molecular weight is 346 g/mol. The van der Waals surface area contributed by atoms with Crippen LogP contribution in [0.5, 0.6) is 0 Å². The number of rotatable bonds is 6. The maximum atomic E-state index is 12.0. The predicted molar refractivity (Wildman–Crippen MR) is 91.1 cm³/mol. The van der Waals surface area contributed by atoms with Gasteiger partial charge in [-0.25, -0.2) is 4.79 Å². The van der Waals surface area contributed by atoms with E-state index in [9.17, 15) is 9.59 Å². The summed E-state index contributed by atoms with van der Waals surface area (Å²) < 4.78 is 6.39. The van der Waals surface area contributed by atoms with Crippen molar-refractivity contribution in [3.8, 4) is 0 Å². The van der Waals surface area contributed by atoms with Crippen molar-refractivity contribution >= 4 is 28.6 Å². The maximum Gasteiger partial charge on any atom is 0.420 e. The number of halogens is 1. The lowest BCUT2D eigenvalue weighted by molar-refractivity contribution is -0.121. The molecule has 7 heteroatoms. The van der Waals surface area contributed by atoms with Gasteiger partial charge < -0.3 is 9.73 Å². The molecule has 0 saturated carbocycles. The van der Waals surface area contributed by atoms with Gasteiger partial charge in [-0.15, -0.1) is 0 Å². The Labute approximate surface area is 143 Å². The molecular formula is C17H16ClN3O3. The lowest BCUT2D eigenvalue weighted by Gasteiger charge is -2.05. The standard InChI is InChI=1S/C17H16ClN3O3/c18-12-6-7-14-15(10-12)24-17(23)21(14)11-16(22)20-9-3-5-13-4-1-2-8-19-13/h1-2,4,6-8,10H,3,5,9,11H2,(H,20,22). The van der Waals surface area contributed by atoms with Gasteiger partial charge >= 0.3 is 5.76 Å². The molecule has 0 fully saturated rings. The highest BCUT2D eigenvalue weighted by molar-refractivity contribution is 6.31. The number of nitrogens with one attached hydrogen (secondary N) is 1. The lowest BCUT2D eigenvalue weighted by Crippen LogP contribution is -2.31. The first-order valence-electron chi connectivity index (χ1n) is 7.59. The molecule has 3 aromatic rings. The molecule has 1 amide bonds. The molecule has 0 aliphatic rings. The van der Waals surface area contributed by atoms with E-state index in [1.54, 1.807) is 24.4 Å². The molecule has 0 atom stereocenters. The van der Waals surface area contributed by atoms with Crippen LogP contribution in [-0.2, 0) is 17.8 Å². The van der Waals surface area contributed by atoms with Crippen molar-refractivity contribution in [2.75, 3.05) is 6.54 Å². The van der Waals surface area contributed by atoms with Crippen LogP contribution in [0.25, 0.3) is 11.1 Å². The summed E-state index contributed by atoms with van der Waals surface area (Å²) in [6.45, 7) is 0.433. The second kappa shape index (κ2) is 7.31. The molecule has 1 N–H and O–H groups in total. The first-order chi connectivity index (χ1) is 11.6. The van der Waals surface area contributed by atoms with Crippen LogP contribution in [0.4, 0.5) is 0 Å². The third kappa shape index (κ3) is 3.83. The summed E-state index contributed by atoms with van der Waals surface area (Å²) in [5, 5.41) is 3.27. The molecule has 1 aromatic carbocycles.